The molecule has 1 aromatic carbocycles. The van der Waals surface area contributed by atoms with Crippen LogP contribution in [0.25, 0.3) is 0 Å². The third-order valence-corrected chi connectivity index (χ3v) is 1.72. The summed E-state index contributed by atoms with van der Waals surface area (Å²) in [7, 11) is 0. The lowest BCUT2D eigenvalue weighted by atomic mass is 10.1. The Morgan fingerprint density at radius 1 is 1.50 bits per heavy atom. The first-order valence-corrected chi connectivity index (χ1v) is 4.10. The fourth-order valence-electron chi connectivity index (χ4n) is 1.13. The number of nitrogens with zero attached hydrogens (tertiary/aromatic N) is 1. The van der Waals surface area contributed by atoms with E-state index in [1.807, 2.05) is 13.0 Å². The Bertz CT molecular complexity index is 407. The van der Waals surface area contributed by atoms with Crippen LogP contribution in [0.1, 0.15) is 12.5 Å². The molecule has 0 fully saturated rings. The number of hydrogen-bond acceptors (Lipinski definition) is 3. The normalized spacial score (nSPS) is 9.00. The van der Waals surface area contributed by atoms with E-state index in [9.17, 15) is 9.59 Å². The molecule has 0 spiro atoms. The van der Waals surface area contributed by atoms with E-state index in [0.29, 0.717) is 11.4 Å². The van der Waals surface area contributed by atoms with Crippen molar-refractivity contribution in [2.75, 3.05) is 5.32 Å². The van der Waals surface area contributed by atoms with Crippen molar-refractivity contribution in [1.29, 1.82) is 0 Å². The highest BCUT2D eigenvalue weighted by Crippen LogP contribution is 2.27. The van der Waals surface area contributed by atoms with Gasteiger partial charge in [0.1, 0.15) is 5.69 Å². The Morgan fingerprint density at radius 2 is 2.21 bits per heavy atom. The minimum Gasteiger partial charge on any atom is -0.324 e. The van der Waals surface area contributed by atoms with Crippen LogP contribution in [0.2, 0.25) is 0 Å². The van der Waals surface area contributed by atoms with Crippen LogP contribution in [0, 0.1) is 6.92 Å². The number of isocyanates is 1. The van der Waals surface area contributed by atoms with Crippen molar-refractivity contribution in [2.45, 2.75) is 13.8 Å². The first-order chi connectivity index (χ1) is 6.65. The third kappa shape index (κ3) is 2.28. The summed E-state index contributed by atoms with van der Waals surface area (Å²) in [5.74, 6) is -0.193. The van der Waals surface area contributed by atoms with E-state index in [0.717, 1.165) is 5.56 Å². The number of carbonyl (C=O) groups excluding carboxylic acids is 2. The molecule has 1 N–H and O–H groups in total. The molecule has 1 amide bonds. The molecular formula is C10H10N2O2. The fraction of sp³-hybridized carbons (Fsp3) is 0.200. The summed E-state index contributed by atoms with van der Waals surface area (Å²) in [6.07, 6.45) is 1.45. The van der Waals surface area contributed by atoms with Gasteiger partial charge in [-0.2, -0.15) is 4.99 Å². The maximum atomic E-state index is 10.9. The zero-order valence-corrected chi connectivity index (χ0v) is 8.00. The molecule has 0 atom stereocenters. The van der Waals surface area contributed by atoms with Gasteiger partial charge in [0.15, 0.2) is 0 Å². The molecular weight excluding hydrogens is 180 g/mol. The molecule has 0 heterocycles. The predicted octanol–water partition coefficient (Wildman–Crippen LogP) is 1.92. The Labute approximate surface area is 81.7 Å². The summed E-state index contributed by atoms with van der Waals surface area (Å²) in [6, 6.07) is 5.23. The number of rotatable bonds is 2. The maximum absolute atomic E-state index is 10.9. The molecule has 0 bridgehead atoms. The minimum atomic E-state index is -0.193. The van der Waals surface area contributed by atoms with Gasteiger partial charge in [-0.3, -0.25) is 4.79 Å². The van der Waals surface area contributed by atoms with Gasteiger partial charge in [0.2, 0.25) is 12.0 Å². The van der Waals surface area contributed by atoms with Crippen LogP contribution in [0.15, 0.2) is 23.2 Å². The minimum absolute atomic E-state index is 0.193. The highest BCUT2D eigenvalue weighted by molar-refractivity contribution is 5.93. The van der Waals surface area contributed by atoms with Gasteiger partial charge < -0.3 is 5.32 Å². The van der Waals surface area contributed by atoms with Gasteiger partial charge in [0, 0.05) is 6.92 Å². The van der Waals surface area contributed by atoms with E-state index in [2.05, 4.69) is 10.3 Å². The summed E-state index contributed by atoms with van der Waals surface area (Å²) in [4.78, 5) is 24.5. The highest BCUT2D eigenvalue weighted by Gasteiger charge is 2.05. The Kier molecular flexibility index (Phi) is 3.15. The number of carbonyl (C=O) groups is 1. The van der Waals surface area contributed by atoms with Crippen molar-refractivity contribution in [1.82, 2.24) is 0 Å². The molecule has 0 aliphatic rings. The number of aliphatic imine (C=N–C) groups is 1. The van der Waals surface area contributed by atoms with Crippen LogP contribution in [-0.2, 0) is 9.59 Å². The van der Waals surface area contributed by atoms with Crippen molar-refractivity contribution >= 4 is 23.4 Å². The van der Waals surface area contributed by atoms with Gasteiger partial charge in [0.25, 0.3) is 0 Å². The molecule has 14 heavy (non-hydrogen) atoms. The number of nitrogens with one attached hydrogen (secondary N) is 1. The average Bonchev–Trinajstić information content (AvgIpc) is 2.11. The quantitative estimate of drug-likeness (QED) is 0.572. The van der Waals surface area contributed by atoms with Gasteiger partial charge in [-0.15, -0.1) is 0 Å². The van der Waals surface area contributed by atoms with E-state index >= 15 is 0 Å². The topological polar surface area (TPSA) is 58.5 Å². The number of anilines is 1. The van der Waals surface area contributed by atoms with Crippen LogP contribution in [0.5, 0.6) is 0 Å². The molecule has 1 rings (SSSR count). The second-order valence-corrected chi connectivity index (χ2v) is 2.85. The summed E-state index contributed by atoms with van der Waals surface area (Å²) in [5.41, 5.74) is 1.84. The van der Waals surface area contributed by atoms with E-state index < -0.39 is 0 Å². The molecule has 4 nitrogen and oxygen atoms in total. The van der Waals surface area contributed by atoms with Crippen LogP contribution >= 0.6 is 0 Å². The summed E-state index contributed by atoms with van der Waals surface area (Å²) < 4.78 is 0. The molecule has 0 aliphatic carbocycles. The van der Waals surface area contributed by atoms with Gasteiger partial charge >= 0.3 is 0 Å². The van der Waals surface area contributed by atoms with Crippen molar-refractivity contribution in [3.8, 4) is 0 Å². The molecule has 0 saturated heterocycles. The van der Waals surface area contributed by atoms with E-state index in [4.69, 9.17) is 0 Å². The molecule has 0 aromatic heterocycles. The first-order valence-electron chi connectivity index (χ1n) is 4.10. The van der Waals surface area contributed by atoms with Crippen LogP contribution in [0.4, 0.5) is 11.4 Å². The number of amides is 1. The van der Waals surface area contributed by atoms with Gasteiger partial charge in [-0.05, 0) is 18.6 Å². The lowest BCUT2D eigenvalue weighted by Gasteiger charge is -2.07. The second kappa shape index (κ2) is 4.35. The third-order valence-electron chi connectivity index (χ3n) is 1.72. The number of benzene rings is 1. The van der Waals surface area contributed by atoms with E-state index in [1.54, 1.807) is 12.1 Å². The standard InChI is InChI=1S/C10H10N2O2/c1-7-4-3-5-9(11-6-13)10(7)12-8(2)14/h3-5H,1-2H3,(H,12,14). The van der Waals surface area contributed by atoms with Crippen molar-refractivity contribution in [3.63, 3.8) is 0 Å². The number of aryl methyl sites for hydroxylation is 1. The first kappa shape index (κ1) is 10.2. The van der Waals surface area contributed by atoms with Gasteiger partial charge in [-0.1, -0.05) is 12.1 Å². The summed E-state index contributed by atoms with van der Waals surface area (Å²) in [5, 5.41) is 2.61. The number of hydrogen-bond donors (Lipinski definition) is 1. The lowest BCUT2D eigenvalue weighted by molar-refractivity contribution is -0.114. The van der Waals surface area contributed by atoms with Gasteiger partial charge in [-0.25, -0.2) is 4.79 Å². The maximum Gasteiger partial charge on any atom is 0.240 e. The van der Waals surface area contributed by atoms with E-state index in [1.165, 1.54) is 13.0 Å². The number of para-hydroxylation sites is 1. The molecule has 0 radical (unpaired) electrons. The predicted molar refractivity (Wildman–Crippen MR) is 53.3 cm³/mol. The molecule has 0 saturated carbocycles. The Hall–Kier alpha value is -1.93. The zero-order valence-electron chi connectivity index (χ0n) is 8.00. The average molecular weight is 190 g/mol. The molecule has 0 unspecified atom stereocenters. The monoisotopic (exact) mass is 190 g/mol. The van der Waals surface area contributed by atoms with Crippen LogP contribution in [0.3, 0.4) is 0 Å². The zero-order chi connectivity index (χ0) is 10.6. The van der Waals surface area contributed by atoms with E-state index in [-0.39, 0.29) is 5.91 Å². The highest BCUT2D eigenvalue weighted by atomic mass is 16.1. The SMILES string of the molecule is CC(=O)Nc1c(C)cccc1N=C=O. The lowest BCUT2D eigenvalue weighted by Crippen LogP contribution is -2.07. The molecule has 72 valence electrons. The van der Waals surface area contributed by atoms with Crippen molar-refractivity contribution in [2.24, 2.45) is 4.99 Å². The molecule has 1 aromatic rings. The smallest absolute Gasteiger partial charge is 0.240 e. The molecule has 0 aliphatic heterocycles. The van der Waals surface area contributed by atoms with Crippen LogP contribution in [-0.4, -0.2) is 12.0 Å². The second-order valence-electron chi connectivity index (χ2n) is 2.85. The van der Waals surface area contributed by atoms with Crippen molar-refractivity contribution in [3.05, 3.63) is 23.8 Å². The van der Waals surface area contributed by atoms with Crippen molar-refractivity contribution < 1.29 is 9.59 Å². The van der Waals surface area contributed by atoms with Gasteiger partial charge in [0.05, 0.1) is 5.69 Å². The Balaban J connectivity index is 3.21. The summed E-state index contributed by atoms with van der Waals surface area (Å²) in [6.45, 7) is 3.23. The Morgan fingerprint density at radius 3 is 2.79 bits per heavy atom. The fourth-order valence-corrected chi connectivity index (χ4v) is 1.13. The molecule has 4 heteroatoms. The largest absolute Gasteiger partial charge is 0.324 e. The summed E-state index contributed by atoms with van der Waals surface area (Å²) >= 11 is 0. The van der Waals surface area contributed by atoms with Crippen LogP contribution < -0.4 is 5.32 Å².